The summed E-state index contributed by atoms with van der Waals surface area (Å²) >= 11 is 0. The van der Waals surface area contributed by atoms with Gasteiger partial charge in [-0.15, -0.1) is 0 Å². The number of benzene rings is 1. The Morgan fingerprint density at radius 1 is 1.28 bits per heavy atom. The average Bonchev–Trinajstić information content (AvgIpc) is 2.30. The third-order valence-electron chi connectivity index (χ3n) is 3.08. The molecule has 1 heterocycles. The largest absolute Gasteiger partial charge is 0.385 e. The third kappa shape index (κ3) is 2.63. The molecule has 0 bridgehead atoms. The molecular weight excluding hydrogens is 220 g/mol. The van der Waals surface area contributed by atoms with E-state index in [1.807, 2.05) is 0 Å². The number of para-hydroxylation sites is 1. The molecule has 0 spiro atoms. The van der Waals surface area contributed by atoms with Gasteiger partial charge in [-0.25, -0.2) is 0 Å². The lowest BCUT2D eigenvalue weighted by atomic mass is 10.0. The summed E-state index contributed by atoms with van der Waals surface area (Å²) in [6.45, 7) is 9.66. The number of hydrogen-bond donors (Lipinski definition) is 1. The molecule has 2 heteroatoms. The van der Waals surface area contributed by atoms with E-state index in [4.69, 9.17) is 4.98 Å². The van der Waals surface area contributed by atoms with Crippen molar-refractivity contribution in [2.75, 3.05) is 11.9 Å². The zero-order valence-electron chi connectivity index (χ0n) is 11.7. The van der Waals surface area contributed by atoms with Crippen LogP contribution in [0.25, 0.3) is 10.9 Å². The van der Waals surface area contributed by atoms with E-state index >= 15 is 0 Å². The second-order valence-corrected chi connectivity index (χ2v) is 5.26. The Bertz CT molecular complexity index is 544. The van der Waals surface area contributed by atoms with Crippen molar-refractivity contribution in [3.05, 3.63) is 35.5 Å². The van der Waals surface area contributed by atoms with Gasteiger partial charge in [-0.05, 0) is 37.8 Å². The molecule has 0 radical (unpaired) electrons. The van der Waals surface area contributed by atoms with Crippen LogP contribution in [0.15, 0.2) is 24.3 Å². The van der Waals surface area contributed by atoms with Crippen molar-refractivity contribution in [1.29, 1.82) is 0 Å². The summed E-state index contributed by atoms with van der Waals surface area (Å²) in [6.07, 6.45) is 1.03. The zero-order chi connectivity index (χ0) is 13.1. The second kappa shape index (κ2) is 5.38. The van der Waals surface area contributed by atoms with Crippen molar-refractivity contribution in [3.63, 3.8) is 0 Å². The average molecular weight is 242 g/mol. The number of hydrogen-bond acceptors (Lipinski definition) is 2. The highest BCUT2D eigenvalue weighted by molar-refractivity contribution is 5.93. The monoisotopic (exact) mass is 242 g/mol. The van der Waals surface area contributed by atoms with Crippen molar-refractivity contribution in [2.45, 2.75) is 34.1 Å². The normalized spacial score (nSPS) is 11.2. The second-order valence-electron chi connectivity index (χ2n) is 5.26. The van der Waals surface area contributed by atoms with Crippen LogP contribution < -0.4 is 5.32 Å². The van der Waals surface area contributed by atoms with Crippen LogP contribution in [0.3, 0.4) is 0 Å². The molecule has 1 aromatic heterocycles. The summed E-state index contributed by atoms with van der Waals surface area (Å²) < 4.78 is 0. The summed E-state index contributed by atoms with van der Waals surface area (Å²) in [5.41, 5.74) is 4.77. The molecule has 2 rings (SSSR count). The molecule has 96 valence electrons. The van der Waals surface area contributed by atoms with Gasteiger partial charge in [0.15, 0.2) is 0 Å². The Kier molecular flexibility index (Phi) is 3.85. The van der Waals surface area contributed by atoms with Crippen molar-refractivity contribution in [3.8, 4) is 0 Å². The van der Waals surface area contributed by atoms with Crippen molar-refractivity contribution >= 4 is 16.6 Å². The highest BCUT2D eigenvalue weighted by Gasteiger charge is 2.08. The fraction of sp³-hybridized carbons (Fsp3) is 0.438. The number of nitrogens with one attached hydrogen (secondary N) is 1. The molecule has 0 fully saturated rings. The first-order valence-electron chi connectivity index (χ1n) is 6.75. The molecular formula is C16H22N2. The number of aromatic nitrogens is 1. The van der Waals surface area contributed by atoms with Crippen molar-refractivity contribution < 1.29 is 0 Å². The van der Waals surface area contributed by atoms with Gasteiger partial charge < -0.3 is 5.32 Å². The Morgan fingerprint density at radius 2 is 2.06 bits per heavy atom. The number of pyridine rings is 1. The predicted molar refractivity (Wildman–Crippen MR) is 79.2 cm³/mol. The smallest absolute Gasteiger partial charge is 0.0755 e. The Hall–Kier alpha value is -1.57. The van der Waals surface area contributed by atoms with Crippen LogP contribution >= 0.6 is 0 Å². The standard InChI is InChI=1S/C16H22N2/c1-5-17-15-10-13(9-11(2)3)18-16-12(4)7-6-8-14(15)16/h6-8,10-11H,5,9H2,1-4H3,(H,17,18). The molecule has 0 amide bonds. The van der Waals surface area contributed by atoms with Gasteiger partial charge in [0.2, 0.25) is 0 Å². The number of rotatable bonds is 4. The van der Waals surface area contributed by atoms with Crippen LogP contribution in [-0.2, 0) is 6.42 Å². The van der Waals surface area contributed by atoms with Crippen LogP contribution in [0, 0.1) is 12.8 Å². The SMILES string of the molecule is CCNc1cc(CC(C)C)nc2c(C)cccc12. The number of nitrogens with zero attached hydrogens (tertiary/aromatic N) is 1. The number of aryl methyl sites for hydroxylation is 1. The molecule has 2 aromatic rings. The summed E-state index contributed by atoms with van der Waals surface area (Å²) in [5, 5.41) is 4.68. The van der Waals surface area contributed by atoms with Gasteiger partial charge in [-0.1, -0.05) is 32.0 Å². The Morgan fingerprint density at radius 3 is 2.72 bits per heavy atom. The summed E-state index contributed by atoms with van der Waals surface area (Å²) in [4.78, 5) is 4.82. The molecule has 1 N–H and O–H groups in total. The van der Waals surface area contributed by atoms with Crippen LogP contribution in [0.4, 0.5) is 5.69 Å². The van der Waals surface area contributed by atoms with Crippen molar-refractivity contribution in [2.24, 2.45) is 5.92 Å². The Balaban J connectivity index is 2.59. The molecule has 18 heavy (non-hydrogen) atoms. The third-order valence-corrected chi connectivity index (χ3v) is 3.08. The van der Waals surface area contributed by atoms with Gasteiger partial charge in [0.1, 0.15) is 0 Å². The predicted octanol–water partition coefficient (Wildman–Crippen LogP) is 4.17. The van der Waals surface area contributed by atoms with Gasteiger partial charge in [0, 0.05) is 23.3 Å². The summed E-state index contributed by atoms with van der Waals surface area (Å²) in [6, 6.07) is 8.57. The molecule has 0 atom stereocenters. The fourth-order valence-electron chi connectivity index (χ4n) is 2.30. The highest BCUT2D eigenvalue weighted by Crippen LogP contribution is 2.26. The number of anilines is 1. The fourth-order valence-corrected chi connectivity index (χ4v) is 2.30. The van der Waals surface area contributed by atoms with Crippen molar-refractivity contribution in [1.82, 2.24) is 4.98 Å². The van der Waals surface area contributed by atoms with Gasteiger partial charge in [0.05, 0.1) is 5.52 Å². The Labute approximate surface area is 109 Å². The van der Waals surface area contributed by atoms with E-state index in [2.05, 4.69) is 57.3 Å². The molecule has 0 unspecified atom stereocenters. The van der Waals surface area contributed by atoms with E-state index in [-0.39, 0.29) is 0 Å². The van der Waals surface area contributed by atoms with Gasteiger partial charge >= 0.3 is 0 Å². The molecule has 0 saturated heterocycles. The van der Waals surface area contributed by atoms with Crippen LogP contribution in [0.1, 0.15) is 32.0 Å². The van der Waals surface area contributed by atoms with Crippen LogP contribution in [0.5, 0.6) is 0 Å². The molecule has 0 saturated carbocycles. The zero-order valence-corrected chi connectivity index (χ0v) is 11.7. The first-order chi connectivity index (χ1) is 8.61. The molecule has 0 aliphatic heterocycles. The van der Waals surface area contributed by atoms with Crippen LogP contribution in [0.2, 0.25) is 0 Å². The van der Waals surface area contributed by atoms with E-state index in [9.17, 15) is 0 Å². The number of fused-ring (bicyclic) bond motifs is 1. The highest BCUT2D eigenvalue weighted by atomic mass is 14.9. The first kappa shape index (κ1) is 12.9. The van der Waals surface area contributed by atoms with E-state index in [1.54, 1.807) is 0 Å². The lowest BCUT2D eigenvalue weighted by molar-refractivity contribution is 0.637. The molecule has 1 aromatic carbocycles. The van der Waals surface area contributed by atoms with Crippen LogP contribution in [-0.4, -0.2) is 11.5 Å². The van der Waals surface area contributed by atoms with Gasteiger partial charge in [-0.3, -0.25) is 4.98 Å². The molecule has 0 aliphatic rings. The minimum Gasteiger partial charge on any atom is -0.385 e. The lowest BCUT2D eigenvalue weighted by Crippen LogP contribution is -2.03. The van der Waals surface area contributed by atoms with E-state index in [1.165, 1.54) is 22.3 Å². The van der Waals surface area contributed by atoms with E-state index in [0.29, 0.717) is 5.92 Å². The minimum atomic E-state index is 0.633. The summed E-state index contributed by atoms with van der Waals surface area (Å²) in [7, 11) is 0. The van der Waals surface area contributed by atoms with E-state index in [0.717, 1.165) is 18.5 Å². The van der Waals surface area contributed by atoms with Gasteiger partial charge in [0.25, 0.3) is 0 Å². The van der Waals surface area contributed by atoms with E-state index < -0.39 is 0 Å². The molecule has 0 aliphatic carbocycles. The maximum atomic E-state index is 4.82. The maximum absolute atomic E-state index is 4.82. The lowest BCUT2D eigenvalue weighted by Gasteiger charge is -2.13. The summed E-state index contributed by atoms with van der Waals surface area (Å²) in [5.74, 6) is 0.633. The first-order valence-corrected chi connectivity index (χ1v) is 6.75. The molecule has 2 nitrogen and oxygen atoms in total. The quantitative estimate of drug-likeness (QED) is 0.870. The van der Waals surface area contributed by atoms with Gasteiger partial charge in [-0.2, -0.15) is 0 Å². The topological polar surface area (TPSA) is 24.9 Å². The maximum Gasteiger partial charge on any atom is 0.0755 e. The minimum absolute atomic E-state index is 0.633.